The molecule has 10 nitrogen and oxygen atoms in total. The van der Waals surface area contributed by atoms with Crippen molar-refractivity contribution in [2.45, 2.75) is 25.3 Å². The number of imide groups is 1. The van der Waals surface area contributed by atoms with Gasteiger partial charge in [0.05, 0.1) is 18.4 Å². The molecule has 1 saturated heterocycles. The van der Waals surface area contributed by atoms with Gasteiger partial charge in [0.25, 0.3) is 11.8 Å². The lowest BCUT2D eigenvalue weighted by Crippen LogP contribution is -2.56. The average Bonchev–Trinajstić information content (AvgIpc) is 3.47. The first-order valence-corrected chi connectivity index (χ1v) is 13.7. The number of urea groups is 1. The summed E-state index contributed by atoms with van der Waals surface area (Å²) in [5, 5.41) is 3.33. The van der Waals surface area contributed by atoms with Crippen LogP contribution >= 0.6 is 11.6 Å². The van der Waals surface area contributed by atoms with E-state index < -0.39 is 29.0 Å². The van der Waals surface area contributed by atoms with Gasteiger partial charge in [0.1, 0.15) is 5.75 Å². The van der Waals surface area contributed by atoms with Gasteiger partial charge in [-0.2, -0.15) is 0 Å². The normalized spacial score (nSPS) is 19.4. The third kappa shape index (κ3) is 3.68. The number of H-pyrrole nitrogens is 1. The Hall–Kier alpha value is -4.70. The molecule has 214 valence electrons. The molecule has 2 aromatic carbocycles. The fourth-order valence-corrected chi connectivity index (χ4v) is 6.52. The molecule has 1 spiro atoms. The number of amides is 4. The number of aryl methyl sites for hydroxylation is 1. The van der Waals surface area contributed by atoms with Gasteiger partial charge in [-0.3, -0.25) is 24.1 Å². The lowest BCUT2D eigenvalue weighted by molar-refractivity contribution is -0.130. The van der Waals surface area contributed by atoms with Gasteiger partial charge in [0.2, 0.25) is 5.78 Å². The number of carbonyl (C=O) groups excluding carboxylic acids is 5. The zero-order chi connectivity index (χ0) is 30.1. The second-order valence-corrected chi connectivity index (χ2v) is 11.1. The summed E-state index contributed by atoms with van der Waals surface area (Å²) in [7, 11) is 4.33. The van der Waals surface area contributed by atoms with Crippen LogP contribution in [0.2, 0.25) is 5.02 Å². The van der Waals surface area contributed by atoms with Gasteiger partial charge in [-0.1, -0.05) is 17.7 Å². The number of fused-ring (bicyclic) bond motifs is 4. The number of hydrogen-bond acceptors (Lipinski definition) is 6. The average molecular weight is 587 g/mol. The molecular weight excluding hydrogens is 560 g/mol. The number of aromatic nitrogens is 1. The van der Waals surface area contributed by atoms with E-state index in [1.165, 1.54) is 26.1 Å². The zero-order valence-corrected chi connectivity index (χ0v) is 24.1. The minimum absolute atomic E-state index is 0.0138. The maximum Gasteiger partial charge on any atom is 0.327 e. The SMILES string of the molecule is COc1ccc(C)c2c1CC1(C(=O)N(C)C(=O)N1C)C1=C2C(=O)c2[nH]cc(CCNC(=O)c3ccc(Cl)cc3)c2C1=O. The molecule has 1 unspecified atom stereocenters. The molecule has 3 aliphatic rings. The number of methoxy groups -OCH3 is 1. The first kappa shape index (κ1) is 27.5. The van der Waals surface area contributed by atoms with Gasteiger partial charge in [-0.15, -0.1) is 0 Å². The van der Waals surface area contributed by atoms with E-state index >= 15 is 0 Å². The number of carbonyl (C=O) groups is 5. The number of likely N-dealkylation sites (N-methyl/N-ethyl adjacent to an activating group) is 2. The molecule has 1 fully saturated rings. The minimum atomic E-state index is -1.73. The molecule has 2 aliphatic carbocycles. The molecule has 0 radical (unpaired) electrons. The monoisotopic (exact) mass is 586 g/mol. The summed E-state index contributed by atoms with van der Waals surface area (Å²) in [5.41, 5.74) is 1.41. The van der Waals surface area contributed by atoms with E-state index in [0.717, 1.165) is 10.5 Å². The Morgan fingerprint density at radius 2 is 1.76 bits per heavy atom. The first-order valence-electron chi connectivity index (χ1n) is 13.3. The quantitative estimate of drug-likeness (QED) is 0.440. The minimum Gasteiger partial charge on any atom is -0.496 e. The van der Waals surface area contributed by atoms with Crippen LogP contribution in [0, 0.1) is 6.92 Å². The molecule has 4 amide bonds. The van der Waals surface area contributed by atoms with Crippen LogP contribution in [0.5, 0.6) is 5.75 Å². The number of ether oxygens (including phenoxy) is 1. The number of allylic oxidation sites excluding steroid dienone is 1. The van der Waals surface area contributed by atoms with E-state index in [1.807, 2.05) is 6.92 Å². The fraction of sp³-hybridized carbons (Fsp3) is 0.258. The molecule has 11 heteroatoms. The largest absolute Gasteiger partial charge is 0.496 e. The van der Waals surface area contributed by atoms with Crippen molar-refractivity contribution in [3.8, 4) is 5.75 Å². The number of ketones is 2. The smallest absolute Gasteiger partial charge is 0.327 e. The van der Waals surface area contributed by atoms with Crippen LogP contribution in [0.25, 0.3) is 5.57 Å². The van der Waals surface area contributed by atoms with Crippen molar-refractivity contribution in [1.82, 2.24) is 20.1 Å². The maximum atomic E-state index is 14.5. The van der Waals surface area contributed by atoms with Crippen LogP contribution in [0.15, 0.2) is 48.2 Å². The van der Waals surface area contributed by atoms with Gasteiger partial charge in [0.15, 0.2) is 11.3 Å². The van der Waals surface area contributed by atoms with Gasteiger partial charge < -0.3 is 19.9 Å². The number of rotatable bonds is 5. The van der Waals surface area contributed by atoms with E-state index in [0.29, 0.717) is 33.0 Å². The molecule has 3 aromatic rings. The molecule has 1 atom stereocenters. The van der Waals surface area contributed by atoms with Gasteiger partial charge in [-0.25, -0.2) is 4.79 Å². The fourth-order valence-electron chi connectivity index (χ4n) is 6.39. The molecule has 0 saturated carbocycles. The summed E-state index contributed by atoms with van der Waals surface area (Å²) < 4.78 is 5.62. The lowest BCUT2D eigenvalue weighted by Gasteiger charge is -2.42. The van der Waals surface area contributed by atoms with Crippen molar-refractivity contribution in [2.75, 3.05) is 27.7 Å². The highest BCUT2D eigenvalue weighted by molar-refractivity contribution is 6.43. The van der Waals surface area contributed by atoms with Crippen LogP contribution in [0.1, 0.15) is 53.5 Å². The Kier molecular flexibility index (Phi) is 6.34. The zero-order valence-electron chi connectivity index (χ0n) is 23.4. The van der Waals surface area contributed by atoms with Gasteiger partial charge in [-0.05, 0) is 60.4 Å². The highest BCUT2D eigenvalue weighted by Gasteiger charge is 2.63. The van der Waals surface area contributed by atoms with Crippen LogP contribution in [0.3, 0.4) is 0 Å². The number of halogens is 1. The number of hydrogen-bond donors (Lipinski definition) is 2. The molecule has 42 heavy (non-hydrogen) atoms. The summed E-state index contributed by atoms with van der Waals surface area (Å²) >= 11 is 5.91. The standard InChI is InChI=1S/C31H27ClN4O6/c1-15-5-10-20(42-4)19-13-31(29(40)35(2)30(41)36(31)3)24-23(21(15)19)27(38)25-22(26(24)37)17(14-34-25)11-12-33-28(39)16-6-8-18(32)9-7-16/h5-10,14,34H,11-13H2,1-4H3,(H,33,39). The summed E-state index contributed by atoms with van der Waals surface area (Å²) in [6.45, 7) is 2.01. The molecule has 1 aliphatic heterocycles. The third-order valence-corrected chi connectivity index (χ3v) is 8.76. The predicted octanol–water partition coefficient (Wildman–Crippen LogP) is 3.61. The third-order valence-electron chi connectivity index (χ3n) is 8.51. The predicted molar refractivity (Wildman–Crippen MR) is 154 cm³/mol. The molecule has 0 bridgehead atoms. The highest BCUT2D eigenvalue weighted by Crippen LogP contribution is 2.51. The van der Waals surface area contributed by atoms with E-state index in [2.05, 4.69) is 10.3 Å². The number of benzene rings is 2. The Morgan fingerprint density at radius 1 is 1.05 bits per heavy atom. The van der Waals surface area contributed by atoms with Crippen LogP contribution in [-0.4, -0.2) is 77.5 Å². The van der Waals surface area contributed by atoms with E-state index in [1.54, 1.807) is 42.6 Å². The van der Waals surface area contributed by atoms with Crippen LogP contribution in [0.4, 0.5) is 4.79 Å². The van der Waals surface area contributed by atoms with Gasteiger partial charge in [0, 0.05) is 60.6 Å². The van der Waals surface area contributed by atoms with Crippen molar-refractivity contribution in [3.05, 3.63) is 92.3 Å². The molecule has 1 aromatic heterocycles. The Morgan fingerprint density at radius 3 is 2.40 bits per heavy atom. The Bertz CT molecular complexity index is 1770. The van der Waals surface area contributed by atoms with Crippen molar-refractivity contribution >= 4 is 46.6 Å². The molecule has 2 N–H and O–H groups in total. The second-order valence-electron chi connectivity index (χ2n) is 10.7. The highest BCUT2D eigenvalue weighted by atomic mass is 35.5. The van der Waals surface area contributed by atoms with Crippen molar-refractivity contribution in [3.63, 3.8) is 0 Å². The molecule has 6 rings (SSSR count). The number of aromatic amines is 1. The first-order chi connectivity index (χ1) is 20.0. The summed E-state index contributed by atoms with van der Waals surface area (Å²) in [5.74, 6) is -1.39. The Labute approximate surface area is 246 Å². The number of nitrogens with one attached hydrogen (secondary N) is 2. The summed E-state index contributed by atoms with van der Waals surface area (Å²) in [6.07, 6.45) is 1.80. The summed E-state index contributed by atoms with van der Waals surface area (Å²) in [6, 6.07) is 9.43. The lowest BCUT2D eigenvalue weighted by atomic mass is 9.65. The Balaban J connectivity index is 1.44. The second kappa shape index (κ2) is 9.70. The maximum absolute atomic E-state index is 14.5. The van der Waals surface area contributed by atoms with Gasteiger partial charge >= 0.3 is 6.03 Å². The molecular formula is C31H27ClN4O6. The van der Waals surface area contributed by atoms with E-state index in [-0.39, 0.29) is 47.7 Å². The molecule has 2 heterocycles. The van der Waals surface area contributed by atoms with Crippen LogP contribution in [-0.2, 0) is 17.6 Å². The topological polar surface area (TPSA) is 129 Å². The van der Waals surface area contributed by atoms with E-state index in [4.69, 9.17) is 16.3 Å². The summed E-state index contributed by atoms with van der Waals surface area (Å²) in [4.78, 5) is 73.6. The van der Waals surface area contributed by atoms with Crippen molar-refractivity contribution < 1.29 is 28.7 Å². The number of Topliss-reactive ketones (excluding diaryl/α,β-unsaturated/α-hetero) is 2. The van der Waals surface area contributed by atoms with Crippen LogP contribution < -0.4 is 10.1 Å². The van der Waals surface area contributed by atoms with Crippen molar-refractivity contribution in [2.24, 2.45) is 0 Å². The number of nitrogens with zero attached hydrogens (tertiary/aromatic N) is 2. The van der Waals surface area contributed by atoms with Crippen molar-refractivity contribution in [1.29, 1.82) is 0 Å². The van der Waals surface area contributed by atoms with E-state index in [9.17, 15) is 24.0 Å².